The van der Waals surface area contributed by atoms with Crippen LogP contribution in [0.4, 0.5) is 0 Å². The number of aliphatic hydroxyl groups excluding tert-OH is 2. The van der Waals surface area contributed by atoms with Gasteiger partial charge in [0.2, 0.25) is 0 Å². The maximum Gasteiger partial charge on any atom is 0.0909 e. The Kier molecular flexibility index (Phi) is 1.02. The zero-order valence-corrected chi connectivity index (χ0v) is 3.96. The van der Waals surface area contributed by atoms with E-state index in [1.54, 1.807) is 0 Å². The van der Waals surface area contributed by atoms with Crippen LogP contribution in [0.3, 0.4) is 0 Å². The van der Waals surface area contributed by atoms with Crippen molar-refractivity contribution in [1.29, 1.82) is 0 Å². The molecule has 0 aromatic carbocycles. The van der Waals surface area contributed by atoms with Gasteiger partial charge in [-0.1, -0.05) is 0 Å². The molecule has 0 saturated carbocycles. The third-order valence-electron chi connectivity index (χ3n) is 1.08. The van der Waals surface area contributed by atoms with Gasteiger partial charge in [-0.25, -0.2) is 0 Å². The van der Waals surface area contributed by atoms with Crippen molar-refractivity contribution in [2.45, 2.75) is 18.9 Å². The molecule has 0 bridgehead atoms. The first kappa shape index (κ1) is 4.65. The Balaban J connectivity index is 2.50. The third-order valence-corrected chi connectivity index (χ3v) is 1.08. The van der Waals surface area contributed by atoms with Crippen molar-refractivity contribution in [3.63, 3.8) is 0 Å². The molecule has 0 radical (unpaired) electrons. The van der Waals surface area contributed by atoms with Gasteiger partial charge in [-0.15, -0.1) is 0 Å². The molecule has 1 aliphatic rings. The molecule has 1 unspecified atom stereocenters. The van der Waals surface area contributed by atoms with Crippen LogP contribution in [-0.4, -0.2) is 16.3 Å². The largest absolute Gasteiger partial charge is 0.513 e. The third kappa shape index (κ3) is 0.933. The Morgan fingerprint density at radius 2 is 2.43 bits per heavy atom. The summed E-state index contributed by atoms with van der Waals surface area (Å²) in [5.41, 5.74) is 0. The van der Waals surface area contributed by atoms with Crippen LogP contribution < -0.4 is 0 Å². The minimum absolute atomic E-state index is 0.326. The normalized spacial score (nSPS) is 30.4. The van der Waals surface area contributed by atoms with Crippen LogP contribution in [0.15, 0.2) is 11.8 Å². The average Bonchev–Trinajstić information content (AvgIpc) is 1.87. The van der Waals surface area contributed by atoms with Gasteiger partial charge >= 0.3 is 0 Å². The Morgan fingerprint density at radius 1 is 1.71 bits per heavy atom. The Bertz CT molecular complexity index is 96.3. The molecule has 0 aromatic heterocycles. The predicted octanol–water partition coefficient (Wildman–Crippen LogP) is 0.583. The second-order valence-corrected chi connectivity index (χ2v) is 1.76. The molecule has 2 N–H and O–H groups in total. The second kappa shape index (κ2) is 1.54. The fraction of sp³-hybridized carbons (Fsp3) is 0.600. The van der Waals surface area contributed by atoms with Gasteiger partial charge in [0.25, 0.3) is 0 Å². The summed E-state index contributed by atoms with van der Waals surface area (Å²) in [5.74, 6) is 0.326. The van der Waals surface area contributed by atoms with Crippen LogP contribution in [0, 0.1) is 0 Å². The first-order chi connectivity index (χ1) is 3.29. The van der Waals surface area contributed by atoms with Crippen LogP contribution in [0.1, 0.15) is 12.8 Å². The summed E-state index contributed by atoms with van der Waals surface area (Å²) in [6.07, 6.45) is 2.41. The number of rotatable bonds is 0. The molecule has 1 aliphatic carbocycles. The highest BCUT2D eigenvalue weighted by atomic mass is 16.3. The molecular weight excluding hydrogens is 92.1 g/mol. The molecule has 2 nitrogen and oxygen atoms in total. The van der Waals surface area contributed by atoms with Crippen molar-refractivity contribution in [2.24, 2.45) is 0 Å². The van der Waals surface area contributed by atoms with Gasteiger partial charge in [0.1, 0.15) is 0 Å². The van der Waals surface area contributed by atoms with E-state index in [9.17, 15) is 0 Å². The van der Waals surface area contributed by atoms with Gasteiger partial charge in [0, 0.05) is 6.42 Å². The number of aliphatic hydroxyl groups is 2. The van der Waals surface area contributed by atoms with Crippen molar-refractivity contribution >= 4 is 0 Å². The smallest absolute Gasteiger partial charge is 0.0909 e. The zero-order chi connectivity index (χ0) is 5.28. The predicted molar refractivity (Wildman–Crippen MR) is 26.0 cm³/mol. The van der Waals surface area contributed by atoms with Gasteiger partial charge < -0.3 is 10.2 Å². The summed E-state index contributed by atoms with van der Waals surface area (Å²) in [6, 6.07) is 0. The zero-order valence-electron chi connectivity index (χ0n) is 3.96. The lowest BCUT2D eigenvalue weighted by Gasteiger charge is -1.88. The fourth-order valence-corrected chi connectivity index (χ4v) is 0.685. The molecule has 0 aromatic rings. The second-order valence-electron chi connectivity index (χ2n) is 1.76. The van der Waals surface area contributed by atoms with Crippen LogP contribution in [0.2, 0.25) is 0 Å². The molecule has 40 valence electrons. The fourth-order valence-electron chi connectivity index (χ4n) is 0.685. The van der Waals surface area contributed by atoms with E-state index < -0.39 is 0 Å². The quantitative estimate of drug-likeness (QED) is 0.467. The lowest BCUT2D eigenvalue weighted by atomic mass is 10.3. The Hall–Kier alpha value is -0.500. The van der Waals surface area contributed by atoms with Gasteiger partial charge in [-0.3, -0.25) is 0 Å². The summed E-state index contributed by atoms with van der Waals surface area (Å²) in [5, 5.41) is 17.3. The van der Waals surface area contributed by atoms with Crippen LogP contribution in [0.25, 0.3) is 0 Å². The lowest BCUT2D eigenvalue weighted by Crippen LogP contribution is -1.93. The lowest BCUT2D eigenvalue weighted by molar-refractivity contribution is 0.223. The van der Waals surface area contributed by atoms with E-state index in [4.69, 9.17) is 10.2 Å². The summed E-state index contributed by atoms with van der Waals surface area (Å²) >= 11 is 0. The maximum absolute atomic E-state index is 8.66. The van der Waals surface area contributed by atoms with Crippen molar-refractivity contribution in [3.8, 4) is 0 Å². The molecule has 0 fully saturated rings. The van der Waals surface area contributed by atoms with E-state index in [0.717, 1.165) is 0 Å². The molecule has 0 heterocycles. The molecule has 2 heteroatoms. The van der Waals surface area contributed by atoms with Gasteiger partial charge in [0.05, 0.1) is 11.9 Å². The highest BCUT2D eigenvalue weighted by Gasteiger charge is 2.09. The summed E-state index contributed by atoms with van der Waals surface area (Å²) < 4.78 is 0. The van der Waals surface area contributed by atoms with Gasteiger partial charge in [-0.05, 0) is 12.5 Å². The highest BCUT2D eigenvalue weighted by Crippen LogP contribution is 2.14. The summed E-state index contributed by atoms with van der Waals surface area (Å²) in [7, 11) is 0. The van der Waals surface area contributed by atoms with E-state index in [1.165, 1.54) is 6.08 Å². The van der Waals surface area contributed by atoms with E-state index in [1.807, 2.05) is 0 Å². The monoisotopic (exact) mass is 100 g/mol. The molecule has 0 spiro atoms. The van der Waals surface area contributed by atoms with E-state index in [0.29, 0.717) is 18.6 Å². The SMILES string of the molecule is OC1=CC(O)CC1. The molecule has 0 aliphatic heterocycles. The van der Waals surface area contributed by atoms with E-state index >= 15 is 0 Å². The molecule has 7 heavy (non-hydrogen) atoms. The molecule has 0 amide bonds. The van der Waals surface area contributed by atoms with E-state index in [-0.39, 0.29) is 6.10 Å². The number of hydrogen-bond acceptors (Lipinski definition) is 2. The van der Waals surface area contributed by atoms with Crippen molar-refractivity contribution in [2.75, 3.05) is 0 Å². The molecule has 0 saturated heterocycles. The van der Waals surface area contributed by atoms with Crippen LogP contribution in [0.5, 0.6) is 0 Å². The van der Waals surface area contributed by atoms with Crippen molar-refractivity contribution in [1.82, 2.24) is 0 Å². The van der Waals surface area contributed by atoms with Crippen LogP contribution in [-0.2, 0) is 0 Å². The number of allylic oxidation sites excluding steroid dienone is 1. The van der Waals surface area contributed by atoms with Crippen LogP contribution >= 0.6 is 0 Å². The minimum atomic E-state index is -0.389. The maximum atomic E-state index is 8.66. The topological polar surface area (TPSA) is 40.5 Å². The van der Waals surface area contributed by atoms with E-state index in [2.05, 4.69) is 0 Å². The summed E-state index contributed by atoms with van der Waals surface area (Å²) in [4.78, 5) is 0. The van der Waals surface area contributed by atoms with Gasteiger partial charge in [-0.2, -0.15) is 0 Å². The molecular formula is C5H8O2. The van der Waals surface area contributed by atoms with Crippen molar-refractivity contribution < 1.29 is 10.2 Å². The number of hydrogen-bond donors (Lipinski definition) is 2. The average molecular weight is 100 g/mol. The Morgan fingerprint density at radius 3 is 2.57 bits per heavy atom. The standard InChI is InChI=1S/C5H8O2/c6-4-1-2-5(7)3-4/h3-4,6-7H,1-2H2. The van der Waals surface area contributed by atoms with Crippen molar-refractivity contribution in [3.05, 3.63) is 11.8 Å². The first-order valence-corrected chi connectivity index (χ1v) is 2.37. The Labute approximate surface area is 42.1 Å². The molecule has 1 atom stereocenters. The first-order valence-electron chi connectivity index (χ1n) is 2.37. The molecule has 1 rings (SSSR count). The van der Waals surface area contributed by atoms with Gasteiger partial charge in [0.15, 0.2) is 0 Å². The minimum Gasteiger partial charge on any atom is -0.513 e. The highest BCUT2D eigenvalue weighted by molar-refractivity contribution is 5.02. The summed E-state index contributed by atoms with van der Waals surface area (Å²) in [6.45, 7) is 0.